The van der Waals surface area contributed by atoms with Gasteiger partial charge in [0.1, 0.15) is 12.4 Å². The molecule has 0 unspecified atom stereocenters. The van der Waals surface area contributed by atoms with Crippen LogP contribution in [0.4, 0.5) is 0 Å². The van der Waals surface area contributed by atoms with Crippen molar-refractivity contribution in [2.24, 2.45) is 0 Å². The van der Waals surface area contributed by atoms with Gasteiger partial charge >= 0.3 is 0 Å². The van der Waals surface area contributed by atoms with Crippen LogP contribution in [-0.2, 0) is 17.9 Å². The van der Waals surface area contributed by atoms with E-state index in [0.29, 0.717) is 19.3 Å². The first-order valence-corrected chi connectivity index (χ1v) is 8.32. The molecule has 128 valence electrons. The van der Waals surface area contributed by atoms with Gasteiger partial charge < -0.3 is 14.6 Å². The van der Waals surface area contributed by atoms with Gasteiger partial charge in [-0.15, -0.1) is 0 Å². The van der Waals surface area contributed by atoms with Gasteiger partial charge in [-0.05, 0) is 19.1 Å². The quantitative estimate of drug-likeness (QED) is 0.881. The Morgan fingerprint density at radius 3 is 2.96 bits per heavy atom. The second kappa shape index (κ2) is 8.24. The number of ether oxygens (including phenoxy) is 2. The van der Waals surface area contributed by atoms with E-state index >= 15 is 0 Å². The van der Waals surface area contributed by atoms with E-state index in [1.54, 1.807) is 6.20 Å². The molecule has 1 aromatic carbocycles. The SMILES string of the molecule is C[C@H]1CO[C@@H](CO)CN1Cc1ccccc1OCc1cccnc1. The predicted molar refractivity (Wildman–Crippen MR) is 91.7 cm³/mol. The Labute approximate surface area is 142 Å². The monoisotopic (exact) mass is 328 g/mol. The minimum atomic E-state index is -0.107. The van der Waals surface area contributed by atoms with Gasteiger partial charge in [-0.25, -0.2) is 0 Å². The Kier molecular flexibility index (Phi) is 5.80. The summed E-state index contributed by atoms with van der Waals surface area (Å²) in [4.78, 5) is 6.44. The van der Waals surface area contributed by atoms with Crippen molar-refractivity contribution < 1.29 is 14.6 Å². The Balaban J connectivity index is 1.67. The number of hydrogen-bond acceptors (Lipinski definition) is 5. The van der Waals surface area contributed by atoms with Crippen molar-refractivity contribution in [1.29, 1.82) is 0 Å². The maximum atomic E-state index is 9.34. The average Bonchev–Trinajstić information content (AvgIpc) is 2.63. The molecule has 0 aliphatic carbocycles. The van der Waals surface area contributed by atoms with E-state index in [4.69, 9.17) is 9.47 Å². The largest absolute Gasteiger partial charge is 0.489 e. The van der Waals surface area contributed by atoms with E-state index in [0.717, 1.165) is 30.0 Å². The number of rotatable bonds is 6. The van der Waals surface area contributed by atoms with Gasteiger partial charge in [0.2, 0.25) is 0 Å². The summed E-state index contributed by atoms with van der Waals surface area (Å²) in [6.07, 6.45) is 3.47. The number of nitrogens with zero attached hydrogens (tertiary/aromatic N) is 2. The summed E-state index contributed by atoms with van der Waals surface area (Å²) >= 11 is 0. The molecule has 5 heteroatoms. The topological polar surface area (TPSA) is 54.8 Å². The summed E-state index contributed by atoms with van der Waals surface area (Å²) in [5, 5.41) is 9.34. The van der Waals surface area contributed by atoms with Crippen LogP contribution < -0.4 is 4.74 Å². The first-order valence-electron chi connectivity index (χ1n) is 8.32. The molecule has 1 fully saturated rings. The second-order valence-corrected chi connectivity index (χ2v) is 6.17. The van der Waals surface area contributed by atoms with Gasteiger partial charge in [-0.3, -0.25) is 9.88 Å². The minimum Gasteiger partial charge on any atom is -0.489 e. The van der Waals surface area contributed by atoms with E-state index in [9.17, 15) is 5.11 Å². The summed E-state index contributed by atoms with van der Waals surface area (Å²) in [5.74, 6) is 0.889. The molecule has 2 aromatic rings. The van der Waals surface area contributed by atoms with Gasteiger partial charge in [0.25, 0.3) is 0 Å². The van der Waals surface area contributed by atoms with E-state index in [-0.39, 0.29) is 12.7 Å². The molecule has 3 rings (SSSR count). The molecule has 1 aromatic heterocycles. The number of aliphatic hydroxyl groups is 1. The van der Waals surface area contributed by atoms with Gasteiger partial charge in [0.05, 0.1) is 19.3 Å². The molecule has 0 spiro atoms. The number of aromatic nitrogens is 1. The van der Waals surface area contributed by atoms with Gasteiger partial charge in [-0.1, -0.05) is 24.3 Å². The van der Waals surface area contributed by atoms with Crippen molar-refractivity contribution in [3.8, 4) is 5.75 Å². The van der Waals surface area contributed by atoms with Crippen molar-refractivity contribution >= 4 is 0 Å². The summed E-state index contributed by atoms with van der Waals surface area (Å²) < 4.78 is 11.6. The van der Waals surface area contributed by atoms with Gasteiger partial charge in [0, 0.05) is 42.7 Å². The van der Waals surface area contributed by atoms with Gasteiger partial charge in [-0.2, -0.15) is 0 Å². The lowest BCUT2D eigenvalue weighted by atomic mass is 10.1. The summed E-state index contributed by atoms with van der Waals surface area (Å²) in [6.45, 7) is 4.86. The first-order chi connectivity index (χ1) is 11.8. The number of benzene rings is 1. The van der Waals surface area contributed by atoms with Crippen molar-refractivity contribution in [3.63, 3.8) is 0 Å². The zero-order valence-corrected chi connectivity index (χ0v) is 14.0. The van der Waals surface area contributed by atoms with Crippen LogP contribution in [0, 0.1) is 0 Å². The highest BCUT2D eigenvalue weighted by atomic mass is 16.5. The molecule has 1 aliphatic rings. The van der Waals surface area contributed by atoms with Crippen LogP contribution in [-0.4, -0.2) is 46.9 Å². The zero-order valence-electron chi connectivity index (χ0n) is 14.0. The van der Waals surface area contributed by atoms with Crippen molar-refractivity contribution in [1.82, 2.24) is 9.88 Å². The lowest BCUT2D eigenvalue weighted by Gasteiger charge is -2.37. The third-order valence-corrected chi connectivity index (χ3v) is 4.30. The standard InChI is InChI=1S/C19H24N2O3/c1-15-13-23-18(12-22)11-21(15)10-17-6-2-3-7-19(17)24-14-16-5-4-8-20-9-16/h2-9,15,18,22H,10-14H2,1H3/t15-,18+/m0/s1. The van der Waals surface area contributed by atoms with Crippen LogP contribution in [0.3, 0.4) is 0 Å². The second-order valence-electron chi connectivity index (χ2n) is 6.17. The Hall–Kier alpha value is -1.95. The number of para-hydroxylation sites is 1. The van der Waals surface area contributed by atoms with E-state index < -0.39 is 0 Å². The number of hydrogen-bond donors (Lipinski definition) is 1. The molecule has 24 heavy (non-hydrogen) atoms. The molecule has 0 saturated carbocycles. The van der Waals surface area contributed by atoms with E-state index in [1.165, 1.54) is 0 Å². The van der Waals surface area contributed by atoms with Crippen LogP contribution in [0.25, 0.3) is 0 Å². The molecular weight excluding hydrogens is 304 g/mol. The third-order valence-electron chi connectivity index (χ3n) is 4.30. The van der Waals surface area contributed by atoms with E-state index in [2.05, 4.69) is 22.9 Å². The van der Waals surface area contributed by atoms with Crippen LogP contribution in [0.2, 0.25) is 0 Å². The maximum Gasteiger partial charge on any atom is 0.124 e. The molecule has 2 atom stereocenters. The predicted octanol–water partition coefficient (Wildman–Crippen LogP) is 2.24. The fourth-order valence-electron chi connectivity index (χ4n) is 2.84. The molecule has 2 heterocycles. The van der Waals surface area contributed by atoms with Crippen LogP contribution in [0.5, 0.6) is 5.75 Å². The molecule has 1 saturated heterocycles. The fraction of sp³-hybridized carbons (Fsp3) is 0.421. The molecule has 5 nitrogen and oxygen atoms in total. The minimum absolute atomic E-state index is 0.0579. The Morgan fingerprint density at radius 2 is 2.17 bits per heavy atom. The maximum absolute atomic E-state index is 9.34. The summed E-state index contributed by atoms with van der Waals surface area (Å²) in [7, 11) is 0. The van der Waals surface area contributed by atoms with Crippen molar-refractivity contribution in [2.45, 2.75) is 32.2 Å². The van der Waals surface area contributed by atoms with Crippen molar-refractivity contribution in [2.75, 3.05) is 19.8 Å². The molecule has 0 radical (unpaired) electrons. The third kappa shape index (κ3) is 4.32. The lowest BCUT2D eigenvalue weighted by molar-refractivity contribution is -0.0807. The normalized spacial score (nSPS) is 21.6. The zero-order chi connectivity index (χ0) is 16.8. The smallest absolute Gasteiger partial charge is 0.124 e. The van der Waals surface area contributed by atoms with E-state index in [1.807, 2.05) is 36.5 Å². The summed E-state index contributed by atoms with van der Waals surface area (Å²) in [6, 6.07) is 12.3. The number of morpholine rings is 1. The Bertz CT molecular complexity index is 636. The lowest BCUT2D eigenvalue weighted by Crippen LogP contribution is -2.48. The summed E-state index contributed by atoms with van der Waals surface area (Å²) in [5.41, 5.74) is 2.19. The van der Waals surface area contributed by atoms with Crippen LogP contribution in [0.15, 0.2) is 48.8 Å². The molecule has 0 amide bonds. The highest BCUT2D eigenvalue weighted by Crippen LogP contribution is 2.23. The molecule has 1 aliphatic heterocycles. The highest BCUT2D eigenvalue weighted by molar-refractivity contribution is 5.33. The highest BCUT2D eigenvalue weighted by Gasteiger charge is 2.26. The Morgan fingerprint density at radius 1 is 1.29 bits per heavy atom. The van der Waals surface area contributed by atoms with Gasteiger partial charge in [0.15, 0.2) is 0 Å². The molecule has 0 bridgehead atoms. The number of pyridine rings is 1. The molecule has 1 N–H and O–H groups in total. The molecular formula is C19H24N2O3. The van der Waals surface area contributed by atoms with Crippen LogP contribution in [0.1, 0.15) is 18.1 Å². The van der Waals surface area contributed by atoms with Crippen LogP contribution >= 0.6 is 0 Å². The fourth-order valence-corrected chi connectivity index (χ4v) is 2.84. The van der Waals surface area contributed by atoms with Crippen molar-refractivity contribution in [3.05, 3.63) is 59.9 Å². The number of aliphatic hydroxyl groups excluding tert-OH is 1. The first kappa shape index (κ1) is 16.9. The average molecular weight is 328 g/mol.